The van der Waals surface area contributed by atoms with E-state index in [1.54, 1.807) is 4.90 Å². The van der Waals surface area contributed by atoms with E-state index in [1.807, 2.05) is 24.3 Å². The molecule has 0 saturated carbocycles. The highest BCUT2D eigenvalue weighted by molar-refractivity contribution is 6.00. The number of benzene rings is 2. The van der Waals surface area contributed by atoms with Gasteiger partial charge in [0.15, 0.2) is 6.10 Å². The fraction of sp³-hybridized carbons (Fsp3) is 0.263. The van der Waals surface area contributed by atoms with Gasteiger partial charge in [0.05, 0.1) is 12.7 Å². The number of nitrogens with zero attached hydrogens (tertiary/aromatic N) is 1. The molecule has 25 heavy (non-hydrogen) atoms. The monoisotopic (exact) mass is 343 g/mol. The summed E-state index contributed by atoms with van der Waals surface area (Å²) in [6.45, 7) is 2.03. The number of hydrogen-bond donors (Lipinski definition) is 0. The summed E-state index contributed by atoms with van der Waals surface area (Å²) < 4.78 is 24.0. The first-order valence-corrected chi connectivity index (χ1v) is 7.95. The lowest BCUT2D eigenvalue weighted by Gasteiger charge is -2.21. The number of fused-ring (bicyclic) bond motifs is 1. The summed E-state index contributed by atoms with van der Waals surface area (Å²) in [6.07, 6.45) is -0.254. The van der Waals surface area contributed by atoms with Crippen molar-refractivity contribution in [1.29, 1.82) is 0 Å². The zero-order valence-electron chi connectivity index (χ0n) is 14.0. The van der Waals surface area contributed by atoms with Crippen LogP contribution >= 0.6 is 0 Å². The minimum Gasteiger partial charge on any atom is -0.497 e. The normalized spacial score (nSPS) is 14.0. The van der Waals surface area contributed by atoms with E-state index in [-0.39, 0.29) is 11.5 Å². The van der Waals surface area contributed by atoms with E-state index in [9.17, 15) is 14.0 Å². The summed E-state index contributed by atoms with van der Waals surface area (Å²) in [6, 6.07) is 11.4. The van der Waals surface area contributed by atoms with Crippen LogP contribution in [-0.4, -0.2) is 31.6 Å². The highest BCUT2D eigenvalue weighted by atomic mass is 19.1. The zero-order valence-corrected chi connectivity index (χ0v) is 14.0. The van der Waals surface area contributed by atoms with Crippen LogP contribution in [0.5, 0.6) is 5.75 Å². The van der Waals surface area contributed by atoms with E-state index in [4.69, 9.17) is 9.47 Å². The van der Waals surface area contributed by atoms with Gasteiger partial charge in [0, 0.05) is 18.3 Å². The summed E-state index contributed by atoms with van der Waals surface area (Å²) in [7, 11) is 1.40. The molecule has 0 radical (unpaired) electrons. The topological polar surface area (TPSA) is 55.8 Å². The lowest BCUT2D eigenvalue weighted by molar-refractivity contribution is -0.126. The van der Waals surface area contributed by atoms with Crippen LogP contribution in [0.2, 0.25) is 0 Å². The van der Waals surface area contributed by atoms with E-state index in [0.717, 1.165) is 23.7 Å². The Morgan fingerprint density at radius 1 is 1.20 bits per heavy atom. The minimum atomic E-state index is -1.01. The second kappa shape index (κ2) is 6.93. The van der Waals surface area contributed by atoms with Crippen molar-refractivity contribution in [3.05, 3.63) is 59.4 Å². The first-order chi connectivity index (χ1) is 12.0. The molecule has 0 aromatic heterocycles. The number of halogens is 1. The van der Waals surface area contributed by atoms with Gasteiger partial charge < -0.3 is 14.4 Å². The predicted octanol–water partition coefficient (Wildman–Crippen LogP) is 2.97. The summed E-state index contributed by atoms with van der Waals surface area (Å²) in [5.41, 5.74) is 1.67. The highest BCUT2D eigenvalue weighted by Crippen LogP contribution is 2.28. The van der Waals surface area contributed by atoms with Crippen molar-refractivity contribution in [2.45, 2.75) is 19.4 Å². The number of hydrogen-bond acceptors (Lipinski definition) is 4. The first kappa shape index (κ1) is 17.0. The molecule has 1 amide bonds. The zero-order chi connectivity index (χ0) is 18.0. The van der Waals surface area contributed by atoms with Gasteiger partial charge in [0.2, 0.25) is 0 Å². The SMILES string of the molecule is COc1ccc(C(=O)O[C@@H](C)C(=O)N2CCc3ccccc32)c(F)c1. The van der Waals surface area contributed by atoms with Crippen molar-refractivity contribution in [2.24, 2.45) is 0 Å². The molecule has 0 unspecified atom stereocenters. The lowest BCUT2D eigenvalue weighted by atomic mass is 10.2. The molecule has 0 aliphatic carbocycles. The number of rotatable bonds is 4. The number of amides is 1. The van der Waals surface area contributed by atoms with Gasteiger partial charge in [0.1, 0.15) is 11.6 Å². The fourth-order valence-electron chi connectivity index (χ4n) is 2.85. The highest BCUT2D eigenvalue weighted by Gasteiger charge is 2.30. The van der Waals surface area contributed by atoms with Crippen LogP contribution in [-0.2, 0) is 16.0 Å². The number of anilines is 1. The molecule has 0 saturated heterocycles. The average Bonchev–Trinajstić information content (AvgIpc) is 3.04. The average molecular weight is 343 g/mol. The first-order valence-electron chi connectivity index (χ1n) is 7.95. The number of methoxy groups -OCH3 is 1. The van der Waals surface area contributed by atoms with Crippen molar-refractivity contribution in [3.63, 3.8) is 0 Å². The Balaban J connectivity index is 1.71. The Labute approximate surface area is 145 Å². The third kappa shape index (κ3) is 3.33. The van der Waals surface area contributed by atoms with Crippen molar-refractivity contribution in [3.8, 4) is 5.75 Å². The molecule has 5 nitrogen and oxygen atoms in total. The Hall–Kier alpha value is -2.89. The van der Waals surface area contributed by atoms with Gasteiger partial charge in [-0.05, 0) is 37.1 Å². The molecule has 3 rings (SSSR count). The van der Waals surface area contributed by atoms with Gasteiger partial charge in [0.25, 0.3) is 5.91 Å². The number of ether oxygens (including phenoxy) is 2. The van der Waals surface area contributed by atoms with Gasteiger partial charge in [-0.2, -0.15) is 0 Å². The molecule has 0 N–H and O–H groups in total. The molecule has 0 bridgehead atoms. The molecule has 130 valence electrons. The van der Waals surface area contributed by atoms with E-state index in [2.05, 4.69) is 0 Å². The molecule has 2 aromatic rings. The van der Waals surface area contributed by atoms with E-state index in [1.165, 1.54) is 26.2 Å². The van der Waals surface area contributed by atoms with Crippen LogP contribution in [0.4, 0.5) is 10.1 Å². The van der Waals surface area contributed by atoms with Gasteiger partial charge in [-0.3, -0.25) is 4.79 Å². The van der Waals surface area contributed by atoms with Gasteiger partial charge >= 0.3 is 5.97 Å². The van der Waals surface area contributed by atoms with E-state index >= 15 is 0 Å². The molecule has 6 heteroatoms. The maximum atomic E-state index is 14.0. The Bertz CT molecular complexity index is 821. The molecule has 1 aliphatic heterocycles. The second-order valence-corrected chi connectivity index (χ2v) is 5.76. The maximum Gasteiger partial charge on any atom is 0.341 e. The van der Waals surface area contributed by atoms with Crippen LogP contribution in [0.15, 0.2) is 42.5 Å². The number of para-hydroxylation sites is 1. The van der Waals surface area contributed by atoms with E-state index < -0.39 is 17.9 Å². The fourth-order valence-corrected chi connectivity index (χ4v) is 2.85. The predicted molar refractivity (Wildman–Crippen MR) is 90.3 cm³/mol. The molecular formula is C19H18FNO4. The van der Waals surface area contributed by atoms with Crippen LogP contribution in [0, 0.1) is 5.82 Å². The Morgan fingerprint density at radius 2 is 1.96 bits per heavy atom. The number of esters is 1. The van der Waals surface area contributed by atoms with Crippen molar-refractivity contribution in [1.82, 2.24) is 0 Å². The van der Waals surface area contributed by atoms with Gasteiger partial charge in [-0.1, -0.05) is 18.2 Å². The minimum absolute atomic E-state index is 0.234. The summed E-state index contributed by atoms with van der Waals surface area (Å²) in [5, 5.41) is 0. The van der Waals surface area contributed by atoms with Gasteiger partial charge in [-0.15, -0.1) is 0 Å². The smallest absolute Gasteiger partial charge is 0.341 e. The molecule has 1 atom stereocenters. The molecule has 1 heterocycles. The summed E-state index contributed by atoms with van der Waals surface area (Å²) in [5.74, 6) is -1.66. The second-order valence-electron chi connectivity index (χ2n) is 5.76. The Kier molecular flexibility index (Phi) is 4.70. The van der Waals surface area contributed by atoms with Gasteiger partial charge in [-0.25, -0.2) is 9.18 Å². The van der Waals surface area contributed by atoms with Crippen LogP contribution in [0.1, 0.15) is 22.8 Å². The number of carbonyl (C=O) groups is 2. The molecule has 2 aromatic carbocycles. The largest absolute Gasteiger partial charge is 0.497 e. The van der Waals surface area contributed by atoms with Crippen LogP contribution in [0.3, 0.4) is 0 Å². The van der Waals surface area contributed by atoms with Crippen molar-refractivity contribution >= 4 is 17.6 Å². The molecule has 0 spiro atoms. The van der Waals surface area contributed by atoms with Crippen molar-refractivity contribution in [2.75, 3.05) is 18.6 Å². The number of carbonyl (C=O) groups excluding carboxylic acids is 2. The molecule has 0 fully saturated rings. The van der Waals surface area contributed by atoms with Crippen LogP contribution in [0.25, 0.3) is 0 Å². The molecular weight excluding hydrogens is 325 g/mol. The third-order valence-corrected chi connectivity index (χ3v) is 4.18. The lowest BCUT2D eigenvalue weighted by Crippen LogP contribution is -2.39. The maximum absolute atomic E-state index is 14.0. The summed E-state index contributed by atoms with van der Waals surface area (Å²) in [4.78, 5) is 26.4. The standard InChI is InChI=1S/C19H18FNO4/c1-12(18(22)21-10-9-13-5-3-4-6-17(13)21)25-19(23)15-8-7-14(24-2)11-16(15)20/h3-8,11-12H,9-10H2,1-2H3/t12-/m0/s1. The van der Waals surface area contributed by atoms with Crippen molar-refractivity contribution < 1.29 is 23.5 Å². The quantitative estimate of drug-likeness (QED) is 0.801. The van der Waals surface area contributed by atoms with E-state index in [0.29, 0.717) is 12.3 Å². The van der Waals surface area contributed by atoms with Crippen LogP contribution < -0.4 is 9.64 Å². The summed E-state index contributed by atoms with van der Waals surface area (Å²) >= 11 is 0. The molecule has 1 aliphatic rings. The Morgan fingerprint density at radius 3 is 2.68 bits per heavy atom. The third-order valence-electron chi connectivity index (χ3n) is 4.18.